The number of nitrogens with zero attached hydrogens (tertiary/aromatic N) is 3. The smallest absolute Gasteiger partial charge is 0.232 e. The fraction of sp³-hybridized carbons (Fsp3) is 0.250. The van der Waals surface area contributed by atoms with E-state index in [1.165, 1.54) is 0 Å². The summed E-state index contributed by atoms with van der Waals surface area (Å²) in [6, 6.07) is 7.50. The molecule has 0 aliphatic carbocycles. The largest absolute Gasteiger partial charge is 0.492 e. The predicted octanol–water partition coefficient (Wildman–Crippen LogP) is 2.33. The number of hydrogen-bond acceptors (Lipinski definition) is 6. The Morgan fingerprint density at radius 3 is 2.79 bits per heavy atom. The second-order valence-corrected chi connectivity index (χ2v) is 3.89. The molecule has 0 bridgehead atoms. The standard InChI is InChI=1S/C12H14ClN5O/c1-2-19-9-6-4-3-5-8(9)15-12-17-10(7-13)16-11(14)18-12/h3-6H,2,7H2,1H3,(H3,14,15,16,17,18). The van der Waals surface area contributed by atoms with Gasteiger partial charge in [-0.05, 0) is 19.1 Å². The minimum Gasteiger partial charge on any atom is -0.492 e. The monoisotopic (exact) mass is 279 g/mol. The highest BCUT2D eigenvalue weighted by Gasteiger charge is 2.07. The first-order valence-corrected chi connectivity index (χ1v) is 6.31. The van der Waals surface area contributed by atoms with Crippen LogP contribution in [0.2, 0.25) is 0 Å². The van der Waals surface area contributed by atoms with Gasteiger partial charge in [-0.3, -0.25) is 0 Å². The van der Waals surface area contributed by atoms with Crippen molar-refractivity contribution in [3.8, 4) is 5.75 Å². The van der Waals surface area contributed by atoms with E-state index in [4.69, 9.17) is 22.1 Å². The Labute approximate surface area is 116 Å². The molecule has 0 amide bonds. The van der Waals surface area contributed by atoms with Crippen molar-refractivity contribution in [3.05, 3.63) is 30.1 Å². The lowest BCUT2D eigenvalue weighted by Crippen LogP contribution is -2.07. The summed E-state index contributed by atoms with van der Waals surface area (Å²) in [7, 11) is 0. The van der Waals surface area contributed by atoms with Crippen molar-refractivity contribution >= 4 is 29.2 Å². The van der Waals surface area contributed by atoms with Gasteiger partial charge >= 0.3 is 0 Å². The van der Waals surface area contributed by atoms with Crippen molar-refractivity contribution in [1.29, 1.82) is 0 Å². The summed E-state index contributed by atoms with van der Waals surface area (Å²) in [6.07, 6.45) is 0. The van der Waals surface area contributed by atoms with Crippen LogP contribution in [0.25, 0.3) is 0 Å². The molecule has 0 spiro atoms. The highest BCUT2D eigenvalue weighted by Crippen LogP contribution is 2.26. The first kappa shape index (κ1) is 13.4. The first-order valence-electron chi connectivity index (χ1n) is 5.78. The van der Waals surface area contributed by atoms with Gasteiger partial charge in [-0.15, -0.1) is 11.6 Å². The third kappa shape index (κ3) is 3.45. The molecule has 2 aromatic rings. The average molecular weight is 280 g/mol. The molecular formula is C12H14ClN5O. The molecule has 1 heterocycles. The number of halogens is 1. The van der Waals surface area contributed by atoms with Crippen molar-refractivity contribution in [2.75, 3.05) is 17.7 Å². The lowest BCUT2D eigenvalue weighted by molar-refractivity contribution is 0.342. The molecule has 1 aromatic carbocycles. The SMILES string of the molecule is CCOc1ccccc1Nc1nc(N)nc(CCl)n1. The minimum atomic E-state index is 0.127. The summed E-state index contributed by atoms with van der Waals surface area (Å²) in [6.45, 7) is 2.49. The number of ether oxygens (including phenoxy) is 1. The number of nitrogen functional groups attached to an aromatic ring is 1. The molecule has 0 fully saturated rings. The maximum atomic E-state index is 5.69. The summed E-state index contributed by atoms with van der Waals surface area (Å²) in [5.41, 5.74) is 6.35. The number of alkyl halides is 1. The number of nitrogens with two attached hydrogens (primary N) is 1. The Bertz CT molecular complexity index is 564. The number of aromatic nitrogens is 3. The van der Waals surface area contributed by atoms with Gasteiger partial charge in [0.15, 0.2) is 5.82 Å². The number of anilines is 3. The van der Waals surface area contributed by atoms with Crippen molar-refractivity contribution in [2.45, 2.75) is 12.8 Å². The molecule has 7 heteroatoms. The Hall–Kier alpha value is -2.08. The molecular weight excluding hydrogens is 266 g/mol. The van der Waals surface area contributed by atoms with Crippen molar-refractivity contribution in [1.82, 2.24) is 15.0 Å². The van der Waals surface area contributed by atoms with Crippen LogP contribution in [-0.2, 0) is 5.88 Å². The number of nitrogens with one attached hydrogen (secondary N) is 1. The predicted molar refractivity (Wildman–Crippen MR) is 74.7 cm³/mol. The van der Waals surface area contributed by atoms with Gasteiger partial charge < -0.3 is 15.8 Å². The van der Waals surface area contributed by atoms with Gasteiger partial charge in [0.25, 0.3) is 0 Å². The number of hydrogen-bond donors (Lipinski definition) is 2. The zero-order chi connectivity index (χ0) is 13.7. The molecule has 2 rings (SSSR count). The minimum absolute atomic E-state index is 0.127. The van der Waals surface area contributed by atoms with Gasteiger partial charge in [0.2, 0.25) is 11.9 Å². The van der Waals surface area contributed by atoms with Crippen LogP contribution in [0, 0.1) is 0 Å². The summed E-state index contributed by atoms with van der Waals surface area (Å²) in [5.74, 6) is 1.79. The molecule has 0 radical (unpaired) electrons. The topological polar surface area (TPSA) is 86.0 Å². The number of rotatable bonds is 5. The van der Waals surface area contributed by atoms with E-state index in [2.05, 4.69) is 20.3 Å². The average Bonchev–Trinajstić information content (AvgIpc) is 2.40. The number of para-hydroxylation sites is 2. The highest BCUT2D eigenvalue weighted by molar-refractivity contribution is 6.16. The first-order chi connectivity index (χ1) is 9.22. The molecule has 3 N–H and O–H groups in total. The molecule has 0 aliphatic heterocycles. The van der Waals surface area contributed by atoms with Gasteiger partial charge in [0.05, 0.1) is 18.2 Å². The number of benzene rings is 1. The molecule has 0 atom stereocenters. The molecule has 0 saturated heterocycles. The van der Waals surface area contributed by atoms with Crippen LogP contribution in [-0.4, -0.2) is 21.6 Å². The maximum absolute atomic E-state index is 5.69. The summed E-state index contributed by atoms with van der Waals surface area (Å²) >= 11 is 5.69. The molecule has 6 nitrogen and oxygen atoms in total. The zero-order valence-electron chi connectivity index (χ0n) is 10.4. The summed E-state index contributed by atoms with van der Waals surface area (Å²) in [4.78, 5) is 12.1. The van der Waals surface area contributed by atoms with E-state index in [0.717, 1.165) is 11.4 Å². The third-order valence-electron chi connectivity index (χ3n) is 2.25. The third-order valence-corrected chi connectivity index (χ3v) is 2.49. The quantitative estimate of drug-likeness (QED) is 0.817. The lowest BCUT2D eigenvalue weighted by atomic mass is 10.3. The van der Waals surface area contributed by atoms with E-state index >= 15 is 0 Å². The molecule has 1 aromatic heterocycles. The Balaban J connectivity index is 2.28. The van der Waals surface area contributed by atoms with E-state index in [9.17, 15) is 0 Å². The van der Waals surface area contributed by atoms with E-state index < -0.39 is 0 Å². The fourth-order valence-electron chi connectivity index (χ4n) is 1.53. The second-order valence-electron chi connectivity index (χ2n) is 3.62. The van der Waals surface area contributed by atoms with E-state index in [1.54, 1.807) is 0 Å². The van der Waals surface area contributed by atoms with Gasteiger partial charge in [-0.25, -0.2) is 0 Å². The molecule has 0 saturated carbocycles. The van der Waals surface area contributed by atoms with Gasteiger partial charge in [0, 0.05) is 0 Å². The summed E-state index contributed by atoms with van der Waals surface area (Å²) in [5, 5.41) is 3.05. The van der Waals surface area contributed by atoms with E-state index in [-0.39, 0.29) is 11.8 Å². The molecule has 0 unspecified atom stereocenters. The van der Waals surface area contributed by atoms with E-state index in [1.807, 2.05) is 31.2 Å². The van der Waals surface area contributed by atoms with Crippen LogP contribution in [0.4, 0.5) is 17.6 Å². The van der Waals surface area contributed by atoms with E-state index in [0.29, 0.717) is 18.4 Å². The van der Waals surface area contributed by atoms with Crippen molar-refractivity contribution < 1.29 is 4.74 Å². The summed E-state index contributed by atoms with van der Waals surface area (Å²) < 4.78 is 5.51. The fourth-order valence-corrected chi connectivity index (χ4v) is 1.64. The Kier molecular flexibility index (Phi) is 4.35. The molecule has 0 aliphatic rings. The van der Waals surface area contributed by atoms with Gasteiger partial charge in [-0.1, -0.05) is 12.1 Å². The Morgan fingerprint density at radius 1 is 1.26 bits per heavy atom. The van der Waals surface area contributed by atoms with Crippen LogP contribution in [0.5, 0.6) is 5.75 Å². The maximum Gasteiger partial charge on any atom is 0.232 e. The van der Waals surface area contributed by atoms with Gasteiger partial charge in [0.1, 0.15) is 5.75 Å². The van der Waals surface area contributed by atoms with Crippen LogP contribution in [0.1, 0.15) is 12.7 Å². The van der Waals surface area contributed by atoms with Crippen molar-refractivity contribution in [2.24, 2.45) is 0 Å². The van der Waals surface area contributed by atoms with Gasteiger partial charge in [-0.2, -0.15) is 15.0 Å². The van der Waals surface area contributed by atoms with Crippen LogP contribution in [0.15, 0.2) is 24.3 Å². The van der Waals surface area contributed by atoms with Crippen LogP contribution < -0.4 is 15.8 Å². The van der Waals surface area contributed by atoms with Crippen LogP contribution >= 0.6 is 11.6 Å². The zero-order valence-corrected chi connectivity index (χ0v) is 11.2. The molecule has 19 heavy (non-hydrogen) atoms. The lowest BCUT2D eigenvalue weighted by Gasteiger charge is -2.11. The second kappa shape index (κ2) is 6.19. The Morgan fingerprint density at radius 2 is 2.05 bits per heavy atom. The highest BCUT2D eigenvalue weighted by atomic mass is 35.5. The van der Waals surface area contributed by atoms with Crippen LogP contribution in [0.3, 0.4) is 0 Å². The normalized spacial score (nSPS) is 10.2. The van der Waals surface area contributed by atoms with Crippen molar-refractivity contribution in [3.63, 3.8) is 0 Å². The molecule has 100 valence electrons.